The molecule has 9 heteroatoms. The Morgan fingerprint density at radius 3 is 2.70 bits per heavy atom. The second-order valence-corrected chi connectivity index (χ2v) is 6.83. The Morgan fingerprint density at radius 2 is 2.20 bits per heavy atom. The Kier molecular flexibility index (Phi) is 5.97. The zero-order valence-corrected chi connectivity index (χ0v) is 13.1. The molecule has 0 aliphatic rings. The third kappa shape index (κ3) is 4.19. The van der Waals surface area contributed by atoms with Crippen LogP contribution in [0.3, 0.4) is 0 Å². The standard InChI is InChI=1S/C11H18ClN3O4S/c1-4-5-8-10(20(12,17)18)9(15-14-8)11(16)13-6-7(2)19-3/h7H,4-6H2,1-3H3,(H,13,16)(H,14,15). The van der Waals surface area contributed by atoms with Crippen molar-refractivity contribution in [1.82, 2.24) is 15.5 Å². The van der Waals surface area contributed by atoms with E-state index in [1.165, 1.54) is 7.11 Å². The second kappa shape index (κ2) is 7.05. The minimum atomic E-state index is -4.05. The van der Waals surface area contributed by atoms with E-state index < -0.39 is 15.0 Å². The number of H-pyrrole nitrogens is 1. The summed E-state index contributed by atoms with van der Waals surface area (Å²) in [6, 6.07) is 0. The minimum Gasteiger partial charge on any atom is -0.380 e. The van der Waals surface area contributed by atoms with Crippen molar-refractivity contribution < 1.29 is 17.9 Å². The fourth-order valence-corrected chi connectivity index (χ4v) is 2.92. The molecule has 1 unspecified atom stereocenters. The van der Waals surface area contributed by atoms with Gasteiger partial charge in [-0.2, -0.15) is 5.10 Å². The van der Waals surface area contributed by atoms with E-state index in [2.05, 4.69) is 15.5 Å². The molecule has 7 nitrogen and oxygen atoms in total. The number of aromatic nitrogens is 2. The van der Waals surface area contributed by atoms with Crippen molar-refractivity contribution >= 4 is 25.6 Å². The molecular weight excluding hydrogens is 306 g/mol. The highest BCUT2D eigenvalue weighted by Gasteiger charge is 2.28. The number of hydrogen-bond donors (Lipinski definition) is 2. The Balaban J connectivity index is 3.03. The van der Waals surface area contributed by atoms with Crippen LogP contribution in [-0.2, 0) is 20.2 Å². The summed E-state index contributed by atoms with van der Waals surface area (Å²) in [5, 5.41) is 8.87. The van der Waals surface area contributed by atoms with Crippen LogP contribution in [-0.4, -0.2) is 44.3 Å². The molecule has 0 bridgehead atoms. The van der Waals surface area contributed by atoms with Crippen molar-refractivity contribution in [3.8, 4) is 0 Å². The third-order valence-electron chi connectivity index (χ3n) is 2.70. The first-order valence-corrected chi connectivity index (χ1v) is 8.45. The van der Waals surface area contributed by atoms with Gasteiger partial charge in [0.15, 0.2) is 5.69 Å². The van der Waals surface area contributed by atoms with E-state index in [1.54, 1.807) is 6.92 Å². The molecule has 0 aromatic carbocycles. The van der Waals surface area contributed by atoms with E-state index in [1.807, 2.05) is 6.92 Å². The first-order chi connectivity index (χ1) is 9.31. The largest absolute Gasteiger partial charge is 0.380 e. The average Bonchev–Trinajstić information content (AvgIpc) is 2.79. The predicted octanol–water partition coefficient (Wildman–Crippen LogP) is 1.05. The maximum absolute atomic E-state index is 12.0. The summed E-state index contributed by atoms with van der Waals surface area (Å²) < 4.78 is 28.2. The topological polar surface area (TPSA) is 101 Å². The Morgan fingerprint density at radius 1 is 1.55 bits per heavy atom. The number of aryl methyl sites for hydroxylation is 1. The molecule has 0 spiro atoms. The van der Waals surface area contributed by atoms with Gasteiger partial charge in [0.2, 0.25) is 0 Å². The summed E-state index contributed by atoms with van der Waals surface area (Å²) in [7, 11) is 2.86. The van der Waals surface area contributed by atoms with E-state index in [-0.39, 0.29) is 23.2 Å². The Labute approximate surface area is 122 Å². The first-order valence-electron chi connectivity index (χ1n) is 6.14. The maximum atomic E-state index is 12.0. The lowest BCUT2D eigenvalue weighted by atomic mass is 10.2. The van der Waals surface area contributed by atoms with Gasteiger partial charge in [0.25, 0.3) is 15.0 Å². The predicted molar refractivity (Wildman–Crippen MR) is 74.4 cm³/mol. The molecule has 1 aromatic rings. The molecule has 114 valence electrons. The van der Waals surface area contributed by atoms with Crippen LogP contribution in [0.25, 0.3) is 0 Å². The highest BCUT2D eigenvalue weighted by Crippen LogP contribution is 2.23. The number of methoxy groups -OCH3 is 1. The van der Waals surface area contributed by atoms with Crippen LogP contribution < -0.4 is 5.32 Å². The van der Waals surface area contributed by atoms with Crippen LogP contribution in [0.5, 0.6) is 0 Å². The maximum Gasteiger partial charge on any atom is 0.273 e. The fourth-order valence-electron chi connectivity index (χ4n) is 1.61. The summed E-state index contributed by atoms with van der Waals surface area (Å²) in [5.41, 5.74) is 0.124. The SMILES string of the molecule is CCCc1[nH]nc(C(=O)NCC(C)OC)c1S(=O)(=O)Cl. The van der Waals surface area contributed by atoms with E-state index in [4.69, 9.17) is 15.4 Å². The molecule has 20 heavy (non-hydrogen) atoms. The number of amides is 1. The molecule has 1 rings (SSSR count). The molecule has 0 saturated heterocycles. The molecule has 2 N–H and O–H groups in total. The van der Waals surface area contributed by atoms with Crippen molar-refractivity contribution in [2.75, 3.05) is 13.7 Å². The lowest BCUT2D eigenvalue weighted by Crippen LogP contribution is -2.32. The van der Waals surface area contributed by atoms with E-state index in [9.17, 15) is 13.2 Å². The van der Waals surface area contributed by atoms with Gasteiger partial charge in [-0.1, -0.05) is 13.3 Å². The number of carbonyl (C=O) groups excluding carboxylic acids is 1. The first kappa shape index (κ1) is 16.9. The van der Waals surface area contributed by atoms with Gasteiger partial charge < -0.3 is 10.1 Å². The number of carbonyl (C=O) groups is 1. The lowest BCUT2D eigenvalue weighted by molar-refractivity contribution is 0.0863. The van der Waals surface area contributed by atoms with Gasteiger partial charge in [-0.3, -0.25) is 9.89 Å². The van der Waals surface area contributed by atoms with Crippen LogP contribution >= 0.6 is 10.7 Å². The number of nitrogens with zero attached hydrogens (tertiary/aromatic N) is 1. The number of nitrogens with one attached hydrogen (secondary N) is 2. The van der Waals surface area contributed by atoms with Crippen LogP contribution in [0.4, 0.5) is 0 Å². The zero-order chi connectivity index (χ0) is 15.3. The molecule has 1 aromatic heterocycles. The van der Waals surface area contributed by atoms with Gasteiger partial charge in [0.05, 0.1) is 11.8 Å². The van der Waals surface area contributed by atoms with Gasteiger partial charge in [-0.25, -0.2) is 8.42 Å². The smallest absolute Gasteiger partial charge is 0.273 e. The van der Waals surface area contributed by atoms with Crippen LogP contribution in [0, 0.1) is 0 Å². The highest BCUT2D eigenvalue weighted by atomic mass is 35.7. The van der Waals surface area contributed by atoms with Crippen molar-refractivity contribution in [2.45, 2.75) is 37.7 Å². The van der Waals surface area contributed by atoms with Gasteiger partial charge in [-0.05, 0) is 13.3 Å². The summed E-state index contributed by atoms with van der Waals surface area (Å²) >= 11 is 0. The minimum absolute atomic E-state index is 0.191. The van der Waals surface area contributed by atoms with Gasteiger partial charge in [0.1, 0.15) is 4.90 Å². The van der Waals surface area contributed by atoms with E-state index in [0.717, 1.165) is 0 Å². The lowest BCUT2D eigenvalue weighted by Gasteiger charge is -2.10. The fraction of sp³-hybridized carbons (Fsp3) is 0.636. The number of ether oxygens (including phenoxy) is 1. The van der Waals surface area contributed by atoms with E-state index in [0.29, 0.717) is 18.5 Å². The van der Waals surface area contributed by atoms with Crippen molar-refractivity contribution in [3.05, 3.63) is 11.4 Å². The molecule has 0 radical (unpaired) electrons. The number of hydrogen-bond acceptors (Lipinski definition) is 5. The molecule has 1 heterocycles. The summed E-state index contributed by atoms with van der Waals surface area (Å²) in [5.74, 6) is -0.605. The molecule has 0 aliphatic carbocycles. The second-order valence-electron chi connectivity index (χ2n) is 4.32. The molecule has 1 atom stereocenters. The van der Waals surface area contributed by atoms with E-state index >= 15 is 0 Å². The number of halogens is 1. The molecule has 1 amide bonds. The van der Waals surface area contributed by atoms with Gasteiger partial charge >= 0.3 is 0 Å². The quantitative estimate of drug-likeness (QED) is 0.730. The van der Waals surface area contributed by atoms with Crippen molar-refractivity contribution in [1.29, 1.82) is 0 Å². The van der Waals surface area contributed by atoms with Gasteiger partial charge in [0, 0.05) is 24.3 Å². The molecular formula is C11H18ClN3O4S. The van der Waals surface area contributed by atoms with Crippen LogP contribution in [0.15, 0.2) is 4.90 Å². The summed E-state index contributed by atoms with van der Waals surface area (Å²) in [6.45, 7) is 3.89. The van der Waals surface area contributed by atoms with Crippen LogP contribution in [0.2, 0.25) is 0 Å². The van der Waals surface area contributed by atoms with Crippen molar-refractivity contribution in [3.63, 3.8) is 0 Å². The monoisotopic (exact) mass is 323 g/mol. The average molecular weight is 324 g/mol. The Bertz CT molecular complexity index is 570. The molecule has 0 fully saturated rings. The molecule has 0 aliphatic heterocycles. The summed E-state index contributed by atoms with van der Waals surface area (Å²) in [6.07, 6.45) is 0.948. The zero-order valence-electron chi connectivity index (χ0n) is 11.6. The van der Waals surface area contributed by atoms with Crippen molar-refractivity contribution in [2.24, 2.45) is 0 Å². The normalized spacial score (nSPS) is 13.2. The third-order valence-corrected chi connectivity index (χ3v) is 4.09. The molecule has 0 saturated carbocycles. The van der Waals surface area contributed by atoms with Gasteiger partial charge in [-0.15, -0.1) is 0 Å². The summed E-state index contributed by atoms with van der Waals surface area (Å²) in [4.78, 5) is 11.7. The number of rotatable bonds is 7. The highest BCUT2D eigenvalue weighted by molar-refractivity contribution is 8.13. The van der Waals surface area contributed by atoms with Crippen LogP contribution in [0.1, 0.15) is 36.5 Å². The number of aromatic amines is 1. The Hall–Kier alpha value is -1.12.